The van der Waals surface area contributed by atoms with Crippen molar-refractivity contribution < 1.29 is 19.4 Å². The van der Waals surface area contributed by atoms with Crippen molar-refractivity contribution in [3.05, 3.63) is 36.4 Å². The smallest absolute Gasteiger partial charge is 0.411 e. The molecular weight excluding hydrogens is 384 g/mol. The van der Waals surface area contributed by atoms with Crippen LogP contribution in [-0.2, 0) is 4.74 Å². The van der Waals surface area contributed by atoms with E-state index in [1.54, 1.807) is 37.4 Å². The summed E-state index contributed by atoms with van der Waals surface area (Å²) in [5, 5.41) is 21.8. The Morgan fingerprint density at radius 2 is 1.97 bits per heavy atom. The lowest BCUT2D eigenvalue weighted by molar-refractivity contribution is 0.136. The predicted molar refractivity (Wildman–Crippen MR) is 115 cm³/mol. The van der Waals surface area contributed by atoms with Crippen molar-refractivity contribution in [2.24, 2.45) is 5.92 Å². The number of aromatic nitrogens is 3. The Morgan fingerprint density at radius 3 is 2.67 bits per heavy atom. The summed E-state index contributed by atoms with van der Waals surface area (Å²) in [6, 6.07) is 10.1. The second-order valence-electron chi connectivity index (χ2n) is 7.19. The summed E-state index contributed by atoms with van der Waals surface area (Å²) in [7, 11) is 1.59. The zero-order chi connectivity index (χ0) is 21.5. The number of amides is 1. The molecule has 3 aromatic rings. The molecule has 0 aliphatic heterocycles. The van der Waals surface area contributed by atoms with Crippen LogP contribution in [0, 0.1) is 5.92 Å². The van der Waals surface area contributed by atoms with Gasteiger partial charge in [0.05, 0.1) is 13.7 Å². The first kappa shape index (κ1) is 21.4. The normalized spacial score (nSPS) is 12.0. The second-order valence-corrected chi connectivity index (χ2v) is 7.19. The fraction of sp³-hybridized carbons (Fsp3) is 0.409. The van der Waals surface area contributed by atoms with Crippen LogP contribution in [0.3, 0.4) is 0 Å². The van der Waals surface area contributed by atoms with Crippen LogP contribution >= 0.6 is 0 Å². The number of carbonyl (C=O) groups excluding carboxylic acids is 1. The second kappa shape index (κ2) is 9.96. The number of carbonyl (C=O) groups is 1. The van der Waals surface area contributed by atoms with Crippen LogP contribution < -0.4 is 10.1 Å². The minimum atomic E-state index is -0.535. The molecule has 30 heavy (non-hydrogen) atoms. The maximum Gasteiger partial charge on any atom is 0.411 e. The molecular formula is C22H28N4O4. The van der Waals surface area contributed by atoms with Crippen LogP contribution in [0.4, 0.5) is 10.5 Å². The molecule has 1 amide bonds. The Morgan fingerprint density at radius 1 is 1.17 bits per heavy atom. The molecule has 0 bridgehead atoms. The molecule has 2 aromatic carbocycles. The monoisotopic (exact) mass is 412 g/mol. The van der Waals surface area contributed by atoms with Crippen molar-refractivity contribution >= 4 is 22.8 Å². The van der Waals surface area contributed by atoms with E-state index in [4.69, 9.17) is 9.47 Å². The highest BCUT2D eigenvalue weighted by atomic mass is 16.5. The van der Waals surface area contributed by atoms with Gasteiger partial charge in [-0.25, -0.2) is 4.79 Å². The van der Waals surface area contributed by atoms with Crippen molar-refractivity contribution in [1.29, 1.82) is 0 Å². The molecule has 1 atom stereocenters. The van der Waals surface area contributed by atoms with Gasteiger partial charge in [0.2, 0.25) is 0 Å². The number of hydrogen-bond donors (Lipinski definition) is 2. The first-order valence-corrected chi connectivity index (χ1v) is 10.2. The van der Waals surface area contributed by atoms with E-state index < -0.39 is 6.09 Å². The van der Waals surface area contributed by atoms with Crippen LogP contribution in [0.5, 0.6) is 11.5 Å². The molecule has 1 aromatic heterocycles. The molecule has 160 valence electrons. The Hall–Kier alpha value is -3.29. The zero-order valence-electron chi connectivity index (χ0n) is 17.6. The molecule has 8 heteroatoms. The Labute approximate surface area is 175 Å². The number of fused-ring (bicyclic) bond motifs is 1. The topological polar surface area (TPSA) is 98.5 Å². The minimum absolute atomic E-state index is 0.0607. The van der Waals surface area contributed by atoms with E-state index in [9.17, 15) is 9.90 Å². The van der Waals surface area contributed by atoms with Crippen LogP contribution in [0.2, 0.25) is 0 Å². The van der Waals surface area contributed by atoms with Crippen LogP contribution in [0.25, 0.3) is 16.7 Å². The summed E-state index contributed by atoms with van der Waals surface area (Å²) in [5.74, 6) is 0.983. The average molecular weight is 412 g/mol. The number of rotatable bonds is 9. The van der Waals surface area contributed by atoms with Crippen molar-refractivity contribution in [1.82, 2.24) is 15.0 Å². The molecule has 1 heterocycles. The van der Waals surface area contributed by atoms with E-state index in [0.29, 0.717) is 40.7 Å². The third-order valence-electron chi connectivity index (χ3n) is 5.02. The maximum atomic E-state index is 12.1. The summed E-state index contributed by atoms with van der Waals surface area (Å²) in [5.41, 5.74) is 2.15. The third kappa shape index (κ3) is 5.20. The van der Waals surface area contributed by atoms with Gasteiger partial charge in [-0.1, -0.05) is 33.1 Å². The molecule has 0 aliphatic rings. The van der Waals surface area contributed by atoms with E-state index in [1.807, 2.05) is 0 Å². The molecule has 3 rings (SSSR count). The van der Waals surface area contributed by atoms with Gasteiger partial charge in [-0.2, -0.15) is 0 Å². The van der Waals surface area contributed by atoms with E-state index in [0.717, 1.165) is 25.7 Å². The predicted octanol–water partition coefficient (Wildman–Crippen LogP) is 4.90. The SMILES string of the molecule is CCCCC(CC)COC(=O)Nc1ccc(-n2nc3ccc(OC)cc3n2)c(O)c1. The summed E-state index contributed by atoms with van der Waals surface area (Å²) in [4.78, 5) is 13.4. The average Bonchev–Trinajstić information content (AvgIpc) is 3.16. The highest BCUT2D eigenvalue weighted by Crippen LogP contribution is 2.26. The third-order valence-corrected chi connectivity index (χ3v) is 5.02. The van der Waals surface area contributed by atoms with Crippen molar-refractivity contribution in [2.45, 2.75) is 39.5 Å². The van der Waals surface area contributed by atoms with Crippen molar-refractivity contribution in [3.63, 3.8) is 0 Å². The number of aromatic hydroxyl groups is 1. The first-order chi connectivity index (χ1) is 14.5. The number of nitrogens with zero attached hydrogens (tertiary/aromatic N) is 3. The highest BCUT2D eigenvalue weighted by Gasteiger charge is 2.13. The largest absolute Gasteiger partial charge is 0.506 e. The number of methoxy groups -OCH3 is 1. The Balaban J connectivity index is 1.66. The number of benzene rings is 2. The maximum absolute atomic E-state index is 12.1. The van der Waals surface area contributed by atoms with E-state index >= 15 is 0 Å². The number of anilines is 1. The number of nitrogens with one attached hydrogen (secondary N) is 1. The molecule has 0 aliphatic carbocycles. The number of ether oxygens (including phenoxy) is 2. The van der Waals surface area contributed by atoms with Gasteiger partial charge >= 0.3 is 6.09 Å². The lowest BCUT2D eigenvalue weighted by atomic mass is 10.0. The van der Waals surface area contributed by atoms with Crippen molar-refractivity contribution in [2.75, 3.05) is 19.0 Å². The molecule has 0 saturated heterocycles. The molecule has 0 fully saturated rings. The summed E-state index contributed by atoms with van der Waals surface area (Å²) in [6.07, 6.45) is 3.74. The Kier molecular flexibility index (Phi) is 7.11. The summed E-state index contributed by atoms with van der Waals surface area (Å²) < 4.78 is 10.5. The molecule has 0 spiro atoms. The van der Waals surface area contributed by atoms with E-state index in [2.05, 4.69) is 29.4 Å². The van der Waals surface area contributed by atoms with Crippen molar-refractivity contribution in [3.8, 4) is 17.2 Å². The first-order valence-electron chi connectivity index (χ1n) is 10.2. The standard InChI is InChI=1S/C22H28N4O4/c1-4-6-7-15(5-2)14-30-22(28)23-16-8-11-20(21(27)12-16)26-24-18-10-9-17(29-3)13-19(18)25-26/h8-13,15,27H,4-7,14H2,1-3H3,(H,23,28). The molecule has 2 N–H and O–H groups in total. The quantitative estimate of drug-likeness (QED) is 0.519. The van der Waals surface area contributed by atoms with Gasteiger partial charge in [0.1, 0.15) is 28.2 Å². The number of phenols is 1. The number of hydrogen-bond acceptors (Lipinski definition) is 6. The zero-order valence-corrected chi connectivity index (χ0v) is 17.6. The van der Waals surface area contributed by atoms with Gasteiger partial charge in [-0.05, 0) is 36.6 Å². The van der Waals surface area contributed by atoms with Gasteiger partial charge < -0.3 is 14.6 Å². The molecule has 0 saturated carbocycles. The van der Waals surface area contributed by atoms with Gasteiger partial charge in [0.15, 0.2) is 0 Å². The number of unbranched alkanes of at least 4 members (excludes halogenated alkanes) is 1. The molecule has 1 unspecified atom stereocenters. The minimum Gasteiger partial charge on any atom is -0.506 e. The summed E-state index contributed by atoms with van der Waals surface area (Å²) in [6.45, 7) is 4.63. The Bertz CT molecular complexity index is 1000. The number of phenolic OH excluding ortho intramolecular Hbond substituents is 1. The van der Waals surface area contributed by atoms with Gasteiger partial charge in [0, 0.05) is 17.8 Å². The van der Waals surface area contributed by atoms with E-state index in [-0.39, 0.29) is 5.75 Å². The molecule has 8 nitrogen and oxygen atoms in total. The van der Waals surface area contributed by atoms with Gasteiger partial charge in [0.25, 0.3) is 0 Å². The summed E-state index contributed by atoms with van der Waals surface area (Å²) >= 11 is 0. The lowest BCUT2D eigenvalue weighted by Crippen LogP contribution is -2.18. The molecule has 0 radical (unpaired) electrons. The lowest BCUT2D eigenvalue weighted by Gasteiger charge is -2.15. The van der Waals surface area contributed by atoms with Gasteiger partial charge in [-0.15, -0.1) is 15.0 Å². The van der Waals surface area contributed by atoms with Crippen LogP contribution in [0.15, 0.2) is 36.4 Å². The highest BCUT2D eigenvalue weighted by molar-refractivity contribution is 5.85. The van der Waals surface area contributed by atoms with E-state index in [1.165, 1.54) is 10.9 Å². The van der Waals surface area contributed by atoms with Crippen LogP contribution in [0.1, 0.15) is 39.5 Å². The fourth-order valence-electron chi connectivity index (χ4n) is 3.14. The van der Waals surface area contributed by atoms with Crippen LogP contribution in [-0.4, -0.2) is 39.9 Å². The van der Waals surface area contributed by atoms with Gasteiger partial charge in [-0.3, -0.25) is 5.32 Å². The fourth-order valence-corrected chi connectivity index (χ4v) is 3.14.